The Morgan fingerprint density at radius 3 is 2.52 bits per heavy atom. The van der Waals surface area contributed by atoms with Crippen molar-refractivity contribution in [2.45, 2.75) is 44.9 Å². The Bertz CT molecular complexity index is 535. The molecule has 0 spiro atoms. The Balaban J connectivity index is 1.86. The fraction of sp³-hybridized carbons (Fsp3) is 0.600. The summed E-state index contributed by atoms with van der Waals surface area (Å²) in [5.74, 6) is 0. The van der Waals surface area contributed by atoms with E-state index in [0.717, 1.165) is 31.6 Å². The summed E-state index contributed by atoms with van der Waals surface area (Å²) in [5, 5.41) is 14.4. The first-order valence-corrected chi connectivity index (χ1v) is 7.48. The molecule has 0 aromatic heterocycles. The monoisotopic (exact) mass is 291 g/mol. The average Bonchev–Trinajstić information content (AvgIpc) is 3.21. The van der Waals surface area contributed by atoms with Gasteiger partial charge in [-0.25, -0.2) is 0 Å². The van der Waals surface area contributed by atoms with Crippen molar-refractivity contribution in [2.75, 3.05) is 23.3 Å². The van der Waals surface area contributed by atoms with E-state index in [1.54, 1.807) is 6.07 Å². The molecule has 0 amide bonds. The number of nitrogens with one attached hydrogen (secondary N) is 1. The van der Waals surface area contributed by atoms with Crippen molar-refractivity contribution in [1.29, 1.82) is 0 Å². The van der Waals surface area contributed by atoms with Crippen LogP contribution in [-0.4, -0.2) is 36.3 Å². The molecule has 1 aromatic carbocycles. The molecular weight excluding hydrogens is 270 g/mol. The van der Waals surface area contributed by atoms with E-state index < -0.39 is 0 Å². The van der Waals surface area contributed by atoms with Crippen LogP contribution in [0, 0.1) is 10.1 Å². The summed E-state index contributed by atoms with van der Waals surface area (Å²) < 4.78 is 5.74. The van der Waals surface area contributed by atoms with E-state index in [0.29, 0.717) is 11.7 Å². The smallest absolute Gasteiger partial charge is 0.292 e. The zero-order valence-electron chi connectivity index (χ0n) is 12.4. The molecule has 21 heavy (non-hydrogen) atoms. The number of ether oxygens (including phenoxy) is 1. The van der Waals surface area contributed by atoms with Crippen molar-refractivity contribution >= 4 is 17.1 Å². The molecule has 1 aromatic rings. The first kappa shape index (κ1) is 14.1. The van der Waals surface area contributed by atoms with Gasteiger partial charge < -0.3 is 15.0 Å². The SMILES string of the molecule is C[C@@H]1CN(c2ccc([N+](=O)[O-])c(NC3CC3)c2)C[C@@H](C)O1. The highest BCUT2D eigenvalue weighted by atomic mass is 16.6. The van der Waals surface area contributed by atoms with Gasteiger partial charge >= 0.3 is 0 Å². The maximum absolute atomic E-state index is 11.1. The first-order chi connectivity index (χ1) is 10.0. The lowest BCUT2D eigenvalue weighted by molar-refractivity contribution is -0.384. The Hall–Kier alpha value is -1.82. The van der Waals surface area contributed by atoms with Crippen molar-refractivity contribution in [1.82, 2.24) is 0 Å². The van der Waals surface area contributed by atoms with Crippen LogP contribution in [0.15, 0.2) is 18.2 Å². The second-order valence-electron chi connectivity index (χ2n) is 6.04. The molecule has 0 bridgehead atoms. The standard InChI is InChI=1S/C15H21N3O3/c1-10-8-17(9-11(2)21-10)13-5-6-15(18(19)20)14(7-13)16-12-3-4-12/h5-7,10-12,16H,3-4,8-9H2,1-2H3/t10-,11-/m1/s1. The molecule has 114 valence electrons. The van der Waals surface area contributed by atoms with Crippen LogP contribution in [0.2, 0.25) is 0 Å². The van der Waals surface area contributed by atoms with E-state index in [9.17, 15) is 10.1 Å². The topological polar surface area (TPSA) is 67.6 Å². The second kappa shape index (κ2) is 5.52. The first-order valence-electron chi connectivity index (χ1n) is 7.48. The number of hydrogen-bond acceptors (Lipinski definition) is 5. The van der Waals surface area contributed by atoms with Crippen LogP contribution in [0.3, 0.4) is 0 Å². The van der Waals surface area contributed by atoms with Gasteiger partial charge in [-0.1, -0.05) is 0 Å². The minimum atomic E-state index is -0.320. The van der Waals surface area contributed by atoms with E-state index in [2.05, 4.69) is 24.1 Å². The molecule has 1 heterocycles. The van der Waals surface area contributed by atoms with Gasteiger partial charge in [0.1, 0.15) is 5.69 Å². The highest BCUT2D eigenvalue weighted by molar-refractivity contribution is 5.70. The number of benzene rings is 1. The third-order valence-corrected chi connectivity index (χ3v) is 3.90. The molecular formula is C15H21N3O3. The number of rotatable bonds is 4. The van der Waals surface area contributed by atoms with Crippen molar-refractivity contribution < 1.29 is 9.66 Å². The molecule has 6 nitrogen and oxygen atoms in total. The molecule has 0 unspecified atom stereocenters. The lowest BCUT2D eigenvalue weighted by Gasteiger charge is -2.37. The molecule has 2 fully saturated rings. The minimum Gasteiger partial charge on any atom is -0.377 e. The maximum Gasteiger partial charge on any atom is 0.292 e. The summed E-state index contributed by atoms with van der Waals surface area (Å²) in [5.41, 5.74) is 1.80. The predicted octanol–water partition coefficient (Wildman–Crippen LogP) is 2.78. The van der Waals surface area contributed by atoms with Crippen LogP contribution in [0.4, 0.5) is 17.1 Å². The molecule has 1 aliphatic heterocycles. The Morgan fingerprint density at radius 1 is 1.29 bits per heavy atom. The lowest BCUT2D eigenvalue weighted by atomic mass is 10.1. The number of nitro groups is 1. The zero-order chi connectivity index (χ0) is 15.0. The summed E-state index contributed by atoms with van der Waals surface area (Å²) in [7, 11) is 0. The largest absolute Gasteiger partial charge is 0.377 e. The molecule has 3 rings (SSSR count). The zero-order valence-corrected chi connectivity index (χ0v) is 12.4. The lowest BCUT2D eigenvalue weighted by Crippen LogP contribution is -2.45. The van der Waals surface area contributed by atoms with Gasteiger partial charge in [0, 0.05) is 30.9 Å². The molecule has 6 heteroatoms. The van der Waals surface area contributed by atoms with Gasteiger partial charge in [-0.05, 0) is 38.8 Å². The van der Waals surface area contributed by atoms with Crippen LogP contribution in [0.5, 0.6) is 0 Å². The van der Waals surface area contributed by atoms with E-state index in [4.69, 9.17) is 4.74 Å². The molecule has 2 aliphatic rings. The summed E-state index contributed by atoms with van der Waals surface area (Å²) in [6.07, 6.45) is 2.52. The molecule has 1 saturated carbocycles. The van der Waals surface area contributed by atoms with E-state index in [1.165, 1.54) is 0 Å². The van der Waals surface area contributed by atoms with E-state index in [1.807, 2.05) is 12.1 Å². The maximum atomic E-state index is 11.1. The average molecular weight is 291 g/mol. The fourth-order valence-electron chi connectivity index (χ4n) is 2.83. The molecule has 0 radical (unpaired) electrons. The van der Waals surface area contributed by atoms with Crippen LogP contribution in [0.1, 0.15) is 26.7 Å². The molecule has 1 aliphatic carbocycles. The quantitative estimate of drug-likeness (QED) is 0.682. The van der Waals surface area contributed by atoms with Gasteiger partial charge in [-0.15, -0.1) is 0 Å². The Labute approximate surface area is 124 Å². The fourth-order valence-corrected chi connectivity index (χ4v) is 2.83. The van der Waals surface area contributed by atoms with Crippen molar-refractivity contribution in [3.05, 3.63) is 28.3 Å². The predicted molar refractivity (Wildman–Crippen MR) is 82.0 cm³/mol. The summed E-state index contributed by atoms with van der Waals surface area (Å²) >= 11 is 0. The molecule has 1 N–H and O–H groups in total. The highest BCUT2D eigenvalue weighted by Gasteiger charge is 2.27. The third-order valence-electron chi connectivity index (χ3n) is 3.90. The Kier molecular flexibility index (Phi) is 3.71. The number of nitro benzene ring substituents is 1. The van der Waals surface area contributed by atoms with Gasteiger partial charge in [0.15, 0.2) is 0 Å². The van der Waals surface area contributed by atoms with E-state index in [-0.39, 0.29) is 22.8 Å². The van der Waals surface area contributed by atoms with Crippen molar-refractivity contribution in [3.8, 4) is 0 Å². The van der Waals surface area contributed by atoms with Crippen molar-refractivity contribution in [3.63, 3.8) is 0 Å². The highest BCUT2D eigenvalue weighted by Crippen LogP contribution is 2.34. The molecule has 1 saturated heterocycles. The van der Waals surface area contributed by atoms with Crippen LogP contribution in [-0.2, 0) is 4.74 Å². The Morgan fingerprint density at radius 2 is 1.95 bits per heavy atom. The number of anilines is 2. The van der Waals surface area contributed by atoms with Crippen LogP contribution >= 0.6 is 0 Å². The number of nitrogens with zero attached hydrogens (tertiary/aromatic N) is 2. The summed E-state index contributed by atoms with van der Waals surface area (Å²) in [6, 6.07) is 5.73. The normalized spacial score (nSPS) is 25.7. The number of hydrogen-bond donors (Lipinski definition) is 1. The second-order valence-corrected chi connectivity index (χ2v) is 6.04. The molecule has 2 atom stereocenters. The van der Waals surface area contributed by atoms with E-state index >= 15 is 0 Å². The van der Waals surface area contributed by atoms with Gasteiger partial charge in [-0.3, -0.25) is 10.1 Å². The van der Waals surface area contributed by atoms with Crippen LogP contribution in [0.25, 0.3) is 0 Å². The van der Waals surface area contributed by atoms with Gasteiger partial charge in [0.2, 0.25) is 0 Å². The van der Waals surface area contributed by atoms with Crippen LogP contribution < -0.4 is 10.2 Å². The minimum absolute atomic E-state index is 0.153. The van der Waals surface area contributed by atoms with Gasteiger partial charge in [0.25, 0.3) is 5.69 Å². The summed E-state index contributed by atoms with van der Waals surface area (Å²) in [4.78, 5) is 13.1. The number of morpholine rings is 1. The van der Waals surface area contributed by atoms with Gasteiger partial charge in [-0.2, -0.15) is 0 Å². The van der Waals surface area contributed by atoms with Crippen molar-refractivity contribution in [2.24, 2.45) is 0 Å². The third kappa shape index (κ3) is 3.26. The summed E-state index contributed by atoms with van der Waals surface area (Å²) in [6.45, 7) is 5.73. The van der Waals surface area contributed by atoms with Gasteiger partial charge in [0.05, 0.1) is 17.1 Å².